The zero-order valence-corrected chi connectivity index (χ0v) is 20.6. The van der Waals surface area contributed by atoms with Gasteiger partial charge in [-0.15, -0.1) is 0 Å². The van der Waals surface area contributed by atoms with E-state index in [-0.39, 0.29) is 5.24 Å². The summed E-state index contributed by atoms with van der Waals surface area (Å²) in [4.78, 5) is 18.2. The lowest BCUT2D eigenvalue weighted by molar-refractivity contribution is -0.134. The summed E-state index contributed by atoms with van der Waals surface area (Å²) in [5.74, 6) is -0.833. The predicted molar refractivity (Wildman–Crippen MR) is 126 cm³/mol. The minimum atomic E-state index is -3.72. The molecule has 0 radical (unpaired) electrons. The molecule has 0 aliphatic carbocycles. The molecule has 0 aliphatic heterocycles. The van der Waals surface area contributed by atoms with Crippen LogP contribution in [0.15, 0.2) is 72.8 Å². The van der Waals surface area contributed by atoms with Crippen molar-refractivity contribution in [1.82, 2.24) is 0 Å². The van der Waals surface area contributed by atoms with Gasteiger partial charge in [-0.1, -0.05) is 100 Å². The summed E-state index contributed by atoms with van der Waals surface area (Å²) < 4.78 is 18.3. The van der Waals surface area contributed by atoms with Crippen LogP contribution in [0.1, 0.15) is 41.5 Å². The molecule has 0 saturated heterocycles. The van der Waals surface area contributed by atoms with Gasteiger partial charge in [0.15, 0.2) is 0 Å². The standard InChI is InChI=1S/2C6H6.C2H3ClO.C2H4O2.2C2H6.Cl2O2S/c2*1-2-4-6-5-3-1;2*1-2(3)4;2*1-2;1-5(2,3)4/h2*1-6H;1H3;1H3,(H,3,4);2*1-2H3;. The van der Waals surface area contributed by atoms with Crippen molar-refractivity contribution < 1.29 is 23.1 Å². The van der Waals surface area contributed by atoms with Gasteiger partial charge in [0.25, 0.3) is 5.97 Å². The van der Waals surface area contributed by atoms with E-state index in [2.05, 4.69) is 33.0 Å². The highest BCUT2D eigenvalue weighted by Crippen LogP contribution is 1.98. The Balaban J connectivity index is -0.0000000802. The Morgan fingerprint density at radius 3 is 0.690 bits per heavy atom. The van der Waals surface area contributed by atoms with Gasteiger partial charge in [-0.2, -0.15) is 8.42 Å². The summed E-state index contributed by atoms with van der Waals surface area (Å²) in [6.45, 7) is 10.4. The number of carboxylic acid groups (broad SMARTS) is 1. The maximum atomic E-state index is 9.21. The summed E-state index contributed by atoms with van der Waals surface area (Å²) in [5.41, 5.74) is 0. The van der Waals surface area contributed by atoms with E-state index in [1.165, 1.54) is 6.92 Å². The lowest BCUT2D eigenvalue weighted by Gasteiger charge is -1.69. The fourth-order valence-corrected chi connectivity index (χ4v) is 0.770. The van der Waals surface area contributed by atoms with E-state index in [0.717, 1.165) is 6.92 Å². The molecule has 9 heteroatoms. The van der Waals surface area contributed by atoms with Gasteiger partial charge in [0.1, 0.15) is 0 Å². The molecule has 0 heterocycles. The maximum absolute atomic E-state index is 9.21. The van der Waals surface area contributed by atoms with Crippen molar-refractivity contribution in [2.75, 3.05) is 0 Å². The third kappa shape index (κ3) is 145. The number of hydrogen-bond donors (Lipinski definition) is 1. The zero-order chi connectivity index (χ0) is 24.1. The highest BCUT2D eigenvalue weighted by molar-refractivity contribution is 8.31. The second-order valence-electron chi connectivity index (χ2n) is 3.68. The number of halogens is 3. The number of rotatable bonds is 0. The second kappa shape index (κ2) is 33.9. The molecule has 0 saturated carbocycles. The van der Waals surface area contributed by atoms with E-state index in [9.17, 15) is 4.79 Å². The molecule has 0 fully saturated rings. The largest absolute Gasteiger partial charge is 0.481 e. The van der Waals surface area contributed by atoms with Crippen LogP contribution < -0.4 is 0 Å². The molecule has 5 nitrogen and oxygen atoms in total. The fourth-order valence-electron chi connectivity index (χ4n) is 0.770. The number of benzene rings is 2. The Morgan fingerprint density at radius 2 is 0.655 bits per heavy atom. The van der Waals surface area contributed by atoms with Gasteiger partial charge in [-0.05, 0) is 11.6 Å². The Hall–Kier alpha value is -1.60. The Labute approximate surface area is 189 Å². The van der Waals surface area contributed by atoms with Gasteiger partial charge >= 0.3 is 8.26 Å². The lowest BCUT2D eigenvalue weighted by Crippen LogP contribution is -1.78. The summed E-state index contributed by atoms with van der Waals surface area (Å²) in [7, 11) is 4.81. The van der Waals surface area contributed by atoms with Crippen molar-refractivity contribution in [3.8, 4) is 0 Å². The van der Waals surface area contributed by atoms with E-state index in [0.29, 0.717) is 0 Å². The summed E-state index contributed by atoms with van der Waals surface area (Å²) in [5, 5.41) is 7.06. The molecule has 2 rings (SSSR count). The topological polar surface area (TPSA) is 88.5 Å². The predicted octanol–water partition coefficient (Wildman–Crippen LogP) is 7.00. The monoisotopic (exact) mass is 488 g/mol. The van der Waals surface area contributed by atoms with Gasteiger partial charge in [0.2, 0.25) is 5.24 Å². The molecular formula is C20H31Cl3O5S. The van der Waals surface area contributed by atoms with Gasteiger partial charge in [-0.3, -0.25) is 9.59 Å². The average Bonchev–Trinajstić information content (AvgIpc) is 2.66. The van der Waals surface area contributed by atoms with E-state index < -0.39 is 14.2 Å². The Morgan fingerprint density at radius 1 is 0.621 bits per heavy atom. The average molecular weight is 490 g/mol. The Bertz CT molecular complexity index is 525. The molecule has 0 unspecified atom stereocenters. The molecule has 168 valence electrons. The van der Waals surface area contributed by atoms with Crippen molar-refractivity contribution in [2.24, 2.45) is 0 Å². The van der Waals surface area contributed by atoms with Crippen molar-refractivity contribution in [3.63, 3.8) is 0 Å². The van der Waals surface area contributed by atoms with Crippen LogP contribution in [0.2, 0.25) is 0 Å². The number of aliphatic carboxylic acids is 1. The summed E-state index contributed by atoms with van der Waals surface area (Å²) in [6.07, 6.45) is 0. The highest BCUT2D eigenvalue weighted by atomic mass is 36.0. The van der Waals surface area contributed by atoms with Crippen molar-refractivity contribution in [3.05, 3.63) is 72.8 Å². The molecule has 2 aromatic carbocycles. The molecule has 29 heavy (non-hydrogen) atoms. The van der Waals surface area contributed by atoms with Crippen LogP contribution in [-0.2, 0) is 17.9 Å². The molecule has 0 spiro atoms. The number of carbonyl (C=O) groups is 2. The number of carbonyl (C=O) groups excluding carboxylic acids is 1. The van der Waals surface area contributed by atoms with E-state index in [1.54, 1.807) is 0 Å². The number of carboxylic acids is 1. The third-order valence-corrected chi connectivity index (χ3v) is 1.33. The molecule has 0 amide bonds. The van der Waals surface area contributed by atoms with Crippen LogP contribution in [0.25, 0.3) is 0 Å². The van der Waals surface area contributed by atoms with Crippen LogP contribution >= 0.6 is 33.0 Å². The lowest BCUT2D eigenvalue weighted by atomic mass is 10.4. The molecule has 2 aromatic rings. The summed E-state index contributed by atoms with van der Waals surface area (Å²) in [6, 6.07) is 24.0. The van der Waals surface area contributed by atoms with Crippen molar-refractivity contribution in [1.29, 1.82) is 0 Å². The Kier molecular flexibility index (Phi) is 44.5. The molecule has 0 bridgehead atoms. The SMILES string of the molecule is CC.CC.CC(=O)Cl.CC(=O)O.O=S(=O)(Cl)Cl.c1ccccc1.c1ccccc1. The first-order valence-electron chi connectivity index (χ1n) is 8.46. The van der Waals surface area contributed by atoms with Crippen LogP contribution in [0.4, 0.5) is 0 Å². The number of hydrogen-bond acceptors (Lipinski definition) is 4. The first-order valence-corrected chi connectivity index (χ1v) is 12.0. The van der Waals surface area contributed by atoms with Crippen molar-refractivity contribution in [2.45, 2.75) is 41.5 Å². The first kappa shape index (κ1) is 38.1. The second-order valence-corrected chi connectivity index (χ2v) is 7.88. The van der Waals surface area contributed by atoms with E-state index >= 15 is 0 Å². The quantitative estimate of drug-likeness (QED) is 0.402. The van der Waals surface area contributed by atoms with E-state index in [4.69, 9.17) is 18.3 Å². The molecule has 1 N–H and O–H groups in total. The van der Waals surface area contributed by atoms with E-state index in [1.807, 2.05) is 100 Å². The zero-order valence-electron chi connectivity index (χ0n) is 17.6. The fraction of sp³-hybridized carbons (Fsp3) is 0.300. The van der Waals surface area contributed by atoms with Crippen LogP contribution in [0, 0.1) is 0 Å². The van der Waals surface area contributed by atoms with Gasteiger partial charge in [0.05, 0.1) is 0 Å². The first-order chi connectivity index (χ1) is 13.5. The normalized spacial score (nSPS) is 7.48. The highest BCUT2D eigenvalue weighted by Gasteiger charge is 1.88. The molecular weight excluding hydrogens is 459 g/mol. The third-order valence-electron chi connectivity index (χ3n) is 1.33. The van der Waals surface area contributed by atoms with Crippen LogP contribution in [0.3, 0.4) is 0 Å². The van der Waals surface area contributed by atoms with Crippen LogP contribution in [-0.4, -0.2) is 24.7 Å². The van der Waals surface area contributed by atoms with Gasteiger partial charge in [0, 0.05) is 35.2 Å². The van der Waals surface area contributed by atoms with Crippen molar-refractivity contribution >= 4 is 52.4 Å². The molecule has 0 aliphatic rings. The minimum Gasteiger partial charge on any atom is -0.481 e. The smallest absolute Gasteiger partial charge is 0.317 e. The molecule has 0 atom stereocenters. The van der Waals surface area contributed by atoms with Gasteiger partial charge < -0.3 is 5.11 Å². The maximum Gasteiger partial charge on any atom is 0.317 e. The van der Waals surface area contributed by atoms with Gasteiger partial charge in [-0.25, -0.2) is 0 Å². The minimum absolute atomic E-state index is 0.361. The molecule has 0 aromatic heterocycles. The summed E-state index contributed by atoms with van der Waals surface area (Å²) >= 11 is 4.64. The van der Waals surface area contributed by atoms with Crippen LogP contribution in [0.5, 0.6) is 0 Å².